The average molecular weight is 492 g/mol. The van der Waals surface area contributed by atoms with Crippen molar-refractivity contribution in [2.75, 3.05) is 11.4 Å². The number of thiazole rings is 1. The normalized spacial score (nSPS) is 10.7. The van der Waals surface area contributed by atoms with Crippen LogP contribution >= 0.6 is 39.7 Å². The van der Waals surface area contributed by atoms with E-state index in [4.69, 9.17) is 4.98 Å². The molecular weight excluding hydrogens is 472 g/mol. The minimum absolute atomic E-state index is 0. The van der Waals surface area contributed by atoms with Crippen LogP contribution in [0, 0.1) is 6.92 Å². The minimum atomic E-state index is -0.0243. The maximum atomic E-state index is 13.3. The molecule has 29 heavy (non-hydrogen) atoms. The van der Waals surface area contributed by atoms with Gasteiger partial charge in [-0.2, -0.15) is 0 Å². The largest absolute Gasteiger partial charge is 0.337 e. The number of carbonyl (C=O) groups excluding carboxylic acids is 1. The number of nitrogens with zero attached hydrogens (tertiary/aromatic N) is 4. The molecule has 8 heteroatoms. The number of benzene rings is 2. The molecule has 0 fully saturated rings. The molecule has 4 rings (SSSR count). The molecule has 0 spiro atoms. The summed E-state index contributed by atoms with van der Waals surface area (Å²) in [4.78, 5) is 23.8. The number of hydrogen-bond donors (Lipinski definition) is 0. The third-order valence-electron chi connectivity index (χ3n) is 4.47. The number of hydrogen-bond acceptors (Lipinski definition) is 4. The van der Waals surface area contributed by atoms with E-state index in [-0.39, 0.29) is 18.3 Å². The summed E-state index contributed by atoms with van der Waals surface area (Å²) in [5, 5.41) is 0.726. The van der Waals surface area contributed by atoms with Crippen molar-refractivity contribution in [2.45, 2.75) is 19.9 Å². The number of aryl methyl sites for hydroxylation is 2. The van der Waals surface area contributed by atoms with Crippen LogP contribution < -0.4 is 4.90 Å². The Labute approximate surface area is 187 Å². The van der Waals surface area contributed by atoms with Gasteiger partial charge in [0.15, 0.2) is 5.13 Å². The third kappa shape index (κ3) is 5.04. The van der Waals surface area contributed by atoms with E-state index in [1.807, 2.05) is 60.2 Å². The number of rotatable bonds is 6. The fraction of sp³-hybridized carbons (Fsp3) is 0.190. The lowest BCUT2D eigenvalue weighted by atomic mass is 10.1. The fourth-order valence-electron chi connectivity index (χ4n) is 2.97. The van der Waals surface area contributed by atoms with Gasteiger partial charge in [0, 0.05) is 35.5 Å². The van der Waals surface area contributed by atoms with E-state index in [0.29, 0.717) is 12.1 Å². The monoisotopic (exact) mass is 490 g/mol. The van der Waals surface area contributed by atoms with Crippen molar-refractivity contribution in [3.8, 4) is 0 Å². The molecule has 0 atom stereocenters. The summed E-state index contributed by atoms with van der Waals surface area (Å²) in [5.41, 5.74) is 2.71. The Hall–Kier alpha value is -2.22. The molecule has 0 unspecified atom stereocenters. The molecule has 0 aliphatic rings. The van der Waals surface area contributed by atoms with E-state index in [9.17, 15) is 4.79 Å². The maximum Gasteiger partial charge on any atom is 0.260 e. The second-order valence-electron chi connectivity index (χ2n) is 6.59. The van der Waals surface area contributed by atoms with Crippen molar-refractivity contribution in [1.29, 1.82) is 0 Å². The topological polar surface area (TPSA) is 51.0 Å². The van der Waals surface area contributed by atoms with Gasteiger partial charge in [-0.15, -0.1) is 12.4 Å². The maximum absolute atomic E-state index is 13.3. The van der Waals surface area contributed by atoms with Gasteiger partial charge in [-0.25, -0.2) is 9.97 Å². The average Bonchev–Trinajstić information content (AvgIpc) is 3.34. The van der Waals surface area contributed by atoms with Crippen LogP contribution in [-0.4, -0.2) is 27.0 Å². The van der Waals surface area contributed by atoms with Crippen molar-refractivity contribution < 1.29 is 4.79 Å². The van der Waals surface area contributed by atoms with E-state index < -0.39 is 0 Å². The molecule has 0 saturated carbocycles. The number of fused-ring (bicyclic) bond motifs is 1. The van der Waals surface area contributed by atoms with Crippen LogP contribution in [0.15, 0.2) is 65.7 Å². The predicted molar refractivity (Wildman–Crippen MR) is 124 cm³/mol. The first-order valence-electron chi connectivity index (χ1n) is 9.00. The Morgan fingerprint density at radius 2 is 2.00 bits per heavy atom. The molecule has 0 saturated heterocycles. The number of carbonyl (C=O) groups is 1. The highest BCUT2D eigenvalue weighted by atomic mass is 79.9. The van der Waals surface area contributed by atoms with Crippen LogP contribution in [0.5, 0.6) is 0 Å². The molecule has 0 radical (unpaired) electrons. The van der Waals surface area contributed by atoms with Gasteiger partial charge in [-0.1, -0.05) is 45.0 Å². The van der Waals surface area contributed by atoms with Gasteiger partial charge in [0.2, 0.25) is 0 Å². The standard InChI is InChI=1S/C21H19BrN4OS.ClH/c1-15-3-5-16(6-4-15)20(27)26(11-2-10-25-12-9-23-14-25)21-24-18-8-7-17(22)13-19(18)28-21;/h3-9,12-14H,2,10-11H2,1H3;1H. The van der Waals surface area contributed by atoms with Crippen molar-refractivity contribution in [1.82, 2.24) is 14.5 Å². The highest BCUT2D eigenvalue weighted by molar-refractivity contribution is 9.10. The number of imidazole rings is 1. The number of amides is 1. The van der Waals surface area contributed by atoms with Crippen LogP contribution in [0.2, 0.25) is 0 Å². The quantitative estimate of drug-likeness (QED) is 0.346. The molecule has 5 nitrogen and oxygen atoms in total. The Balaban J connectivity index is 0.00000240. The zero-order valence-electron chi connectivity index (χ0n) is 15.8. The van der Waals surface area contributed by atoms with Gasteiger partial charge in [-0.05, 0) is 43.7 Å². The zero-order chi connectivity index (χ0) is 19.5. The Kier molecular flexibility index (Phi) is 7.05. The lowest BCUT2D eigenvalue weighted by Crippen LogP contribution is -2.32. The summed E-state index contributed by atoms with van der Waals surface area (Å²) < 4.78 is 4.08. The summed E-state index contributed by atoms with van der Waals surface area (Å²) >= 11 is 5.04. The van der Waals surface area contributed by atoms with Gasteiger partial charge in [0.05, 0.1) is 16.5 Å². The molecule has 150 valence electrons. The first kappa shape index (κ1) is 21.5. The molecule has 2 aromatic heterocycles. The molecule has 0 aliphatic heterocycles. The summed E-state index contributed by atoms with van der Waals surface area (Å²) in [5.74, 6) is -0.0243. The first-order valence-corrected chi connectivity index (χ1v) is 10.6. The van der Waals surface area contributed by atoms with Crippen molar-refractivity contribution in [3.05, 3.63) is 76.8 Å². The highest BCUT2D eigenvalue weighted by Gasteiger charge is 2.21. The fourth-order valence-corrected chi connectivity index (χ4v) is 4.51. The molecule has 0 N–H and O–H groups in total. The number of halogens is 2. The Morgan fingerprint density at radius 1 is 1.21 bits per heavy atom. The lowest BCUT2D eigenvalue weighted by Gasteiger charge is -2.20. The van der Waals surface area contributed by atoms with Crippen molar-refractivity contribution in [2.24, 2.45) is 0 Å². The van der Waals surface area contributed by atoms with Crippen LogP contribution in [0.25, 0.3) is 10.2 Å². The summed E-state index contributed by atoms with van der Waals surface area (Å²) in [6.07, 6.45) is 6.30. The molecule has 2 aromatic carbocycles. The second-order valence-corrected chi connectivity index (χ2v) is 8.51. The Morgan fingerprint density at radius 3 is 2.72 bits per heavy atom. The van der Waals surface area contributed by atoms with Crippen LogP contribution in [0.3, 0.4) is 0 Å². The number of aromatic nitrogens is 3. The molecular formula is C21H20BrClN4OS. The molecule has 4 aromatic rings. The third-order valence-corrected chi connectivity index (χ3v) is 6.01. The second kappa shape index (κ2) is 9.52. The van der Waals surface area contributed by atoms with Crippen LogP contribution in [0.1, 0.15) is 22.3 Å². The van der Waals surface area contributed by atoms with Gasteiger partial charge < -0.3 is 4.57 Å². The van der Waals surface area contributed by atoms with Crippen LogP contribution in [-0.2, 0) is 6.54 Å². The Bertz CT molecular complexity index is 1100. The van der Waals surface area contributed by atoms with Crippen molar-refractivity contribution >= 4 is 60.9 Å². The summed E-state index contributed by atoms with van der Waals surface area (Å²) in [7, 11) is 0. The van der Waals surface area contributed by atoms with E-state index in [2.05, 4.69) is 20.9 Å². The highest BCUT2D eigenvalue weighted by Crippen LogP contribution is 2.31. The zero-order valence-corrected chi connectivity index (χ0v) is 19.0. The molecule has 2 heterocycles. The summed E-state index contributed by atoms with van der Waals surface area (Å²) in [6.45, 7) is 3.41. The van der Waals surface area contributed by atoms with E-state index in [1.54, 1.807) is 17.4 Å². The predicted octanol–water partition coefficient (Wildman–Crippen LogP) is 5.72. The van der Waals surface area contributed by atoms with Crippen molar-refractivity contribution in [3.63, 3.8) is 0 Å². The molecule has 1 amide bonds. The first-order chi connectivity index (χ1) is 13.6. The lowest BCUT2D eigenvalue weighted by molar-refractivity contribution is 0.0986. The van der Waals surface area contributed by atoms with Gasteiger partial charge in [0.25, 0.3) is 5.91 Å². The van der Waals surface area contributed by atoms with Gasteiger partial charge in [0.1, 0.15) is 0 Å². The van der Waals surface area contributed by atoms with Gasteiger partial charge in [-0.3, -0.25) is 9.69 Å². The van der Waals surface area contributed by atoms with E-state index >= 15 is 0 Å². The minimum Gasteiger partial charge on any atom is -0.337 e. The van der Waals surface area contributed by atoms with E-state index in [1.165, 1.54) is 11.3 Å². The SMILES string of the molecule is Cc1ccc(C(=O)N(CCCn2ccnc2)c2nc3ccc(Br)cc3s2)cc1.Cl. The summed E-state index contributed by atoms with van der Waals surface area (Å²) in [6, 6.07) is 13.7. The van der Waals surface area contributed by atoms with Crippen LogP contribution in [0.4, 0.5) is 5.13 Å². The van der Waals surface area contributed by atoms with Gasteiger partial charge >= 0.3 is 0 Å². The molecule has 0 bridgehead atoms. The number of anilines is 1. The molecule has 0 aliphatic carbocycles. The smallest absolute Gasteiger partial charge is 0.260 e. The van der Waals surface area contributed by atoms with E-state index in [0.717, 1.165) is 38.3 Å².